The van der Waals surface area contributed by atoms with Gasteiger partial charge in [-0.1, -0.05) is 30.3 Å². The topological polar surface area (TPSA) is 67.9 Å². The second-order valence-electron chi connectivity index (χ2n) is 8.01. The first-order valence-electron chi connectivity index (χ1n) is 10.6. The van der Waals surface area contributed by atoms with Gasteiger partial charge in [-0.3, -0.25) is 9.59 Å². The minimum absolute atomic E-state index is 0.0289. The maximum absolute atomic E-state index is 13.0. The molecule has 0 bridgehead atoms. The van der Waals surface area contributed by atoms with Gasteiger partial charge >= 0.3 is 0 Å². The molecule has 1 saturated heterocycles. The zero-order valence-electron chi connectivity index (χ0n) is 17.4. The summed E-state index contributed by atoms with van der Waals surface area (Å²) in [5.41, 5.74) is 4.48. The number of nitrogens with one attached hydrogen (secondary N) is 1. The van der Waals surface area contributed by atoms with Crippen LogP contribution in [0, 0.1) is 6.92 Å². The summed E-state index contributed by atoms with van der Waals surface area (Å²) in [7, 11) is 0. The Kier molecular flexibility index (Phi) is 6.45. The van der Waals surface area contributed by atoms with Gasteiger partial charge in [0.1, 0.15) is 6.61 Å². The number of rotatable bonds is 6. The highest BCUT2D eigenvalue weighted by Gasteiger charge is 2.24. The zero-order chi connectivity index (χ0) is 20.9. The Balaban J connectivity index is 1.33. The number of hydrogen-bond donors (Lipinski definition) is 1. The van der Waals surface area contributed by atoms with Crippen LogP contribution in [-0.2, 0) is 27.4 Å². The number of benzene rings is 2. The van der Waals surface area contributed by atoms with Crippen LogP contribution in [0.25, 0.3) is 0 Å². The average molecular weight is 408 g/mol. The van der Waals surface area contributed by atoms with Gasteiger partial charge < -0.3 is 19.7 Å². The minimum Gasteiger partial charge on any atom is -0.376 e. The van der Waals surface area contributed by atoms with E-state index in [1.54, 1.807) is 6.07 Å². The lowest BCUT2D eigenvalue weighted by Gasteiger charge is -2.22. The zero-order valence-corrected chi connectivity index (χ0v) is 17.4. The molecule has 0 aliphatic carbocycles. The molecule has 1 fully saturated rings. The maximum atomic E-state index is 13.0. The first-order valence-corrected chi connectivity index (χ1v) is 10.6. The first-order chi connectivity index (χ1) is 14.6. The fourth-order valence-corrected chi connectivity index (χ4v) is 3.96. The molecule has 1 unspecified atom stereocenters. The minimum atomic E-state index is -0.230. The number of amides is 2. The molecular weight excluding hydrogens is 380 g/mol. The van der Waals surface area contributed by atoms with Crippen LogP contribution in [0.1, 0.15) is 46.3 Å². The first kappa shape index (κ1) is 20.6. The van der Waals surface area contributed by atoms with E-state index in [9.17, 15) is 9.59 Å². The van der Waals surface area contributed by atoms with Crippen molar-refractivity contribution in [1.29, 1.82) is 0 Å². The van der Waals surface area contributed by atoms with Crippen molar-refractivity contribution in [3.05, 3.63) is 64.7 Å². The lowest BCUT2D eigenvalue weighted by molar-refractivity contribution is -0.122. The highest BCUT2D eigenvalue weighted by atomic mass is 16.5. The Labute approximate surface area is 177 Å². The van der Waals surface area contributed by atoms with Gasteiger partial charge in [-0.25, -0.2) is 0 Å². The third-order valence-corrected chi connectivity index (χ3v) is 5.70. The molecule has 2 aliphatic rings. The molecule has 0 radical (unpaired) electrons. The normalized spacial score (nSPS) is 18.2. The summed E-state index contributed by atoms with van der Waals surface area (Å²) < 4.78 is 11.1. The lowest BCUT2D eigenvalue weighted by Crippen LogP contribution is -2.27. The van der Waals surface area contributed by atoms with E-state index in [2.05, 4.69) is 17.4 Å². The molecule has 6 nitrogen and oxygen atoms in total. The van der Waals surface area contributed by atoms with Crippen molar-refractivity contribution < 1.29 is 19.1 Å². The van der Waals surface area contributed by atoms with Crippen molar-refractivity contribution in [2.75, 3.05) is 25.1 Å². The Morgan fingerprint density at radius 1 is 1.13 bits per heavy atom. The SMILES string of the molecule is Cc1ccc(C(=O)N2Cc3ccccc3C2)cc1NC(=O)COCC1CCCCO1. The quantitative estimate of drug-likeness (QED) is 0.792. The van der Waals surface area contributed by atoms with Gasteiger partial charge in [-0.15, -0.1) is 0 Å². The van der Waals surface area contributed by atoms with E-state index in [4.69, 9.17) is 9.47 Å². The number of aryl methyl sites for hydroxylation is 1. The number of carbonyl (C=O) groups excluding carboxylic acids is 2. The number of ether oxygens (including phenoxy) is 2. The Bertz CT molecular complexity index is 896. The number of anilines is 1. The number of fused-ring (bicyclic) bond motifs is 1. The van der Waals surface area contributed by atoms with Gasteiger partial charge in [-0.2, -0.15) is 0 Å². The lowest BCUT2D eigenvalue weighted by atomic mass is 10.1. The monoisotopic (exact) mass is 408 g/mol. The number of nitrogens with zero attached hydrogens (tertiary/aromatic N) is 1. The van der Waals surface area contributed by atoms with E-state index >= 15 is 0 Å². The van der Waals surface area contributed by atoms with Crippen molar-refractivity contribution in [3.63, 3.8) is 0 Å². The van der Waals surface area contributed by atoms with E-state index in [0.717, 1.165) is 31.4 Å². The van der Waals surface area contributed by atoms with Gasteiger partial charge in [0.05, 0.1) is 12.7 Å². The van der Waals surface area contributed by atoms with Crippen LogP contribution in [0.15, 0.2) is 42.5 Å². The molecule has 2 aromatic carbocycles. The number of hydrogen-bond acceptors (Lipinski definition) is 4. The number of carbonyl (C=O) groups is 2. The van der Waals surface area contributed by atoms with E-state index in [-0.39, 0.29) is 24.5 Å². The fourth-order valence-electron chi connectivity index (χ4n) is 3.96. The maximum Gasteiger partial charge on any atom is 0.254 e. The van der Waals surface area contributed by atoms with Crippen LogP contribution in [0.4, 0.5) is 5.69 Å². The predicted molar refractivity (Wildman–Crippen MR) is 114 cm³/mol. The molecule has 30 heavy (non-hydrogen) atoms. The molecule has 2 aliphatic heterocycles. The molecule has 0 saturated carbocycles. The van der Waals surface area contributed by atoms with E-state index in [0.29, 0.717) is 30.9 Å². The predicted octanol–water partition coefficient (Wildman–Crippen LogP) is 3.68. The van der Waals surface area contributed by atoms with E-state index < -0.39 is 0 Å². The van der Waals surface area contributed by atoms with Gasteiger partial charge in [-0.05, 0) is 55.0 Å². The summed E-state index contributed by atoms with van der Waals surface area (Å²) in [6, 6.07) is 13.5. The summed E-state index contributed by atoms with van der Waals surface area (Å²) in [4.78, 5) is 27.1. The third kappa shape index (κ3) is 4.89. The van der Waals surface area contributed by atoms with Gasteiger partial charge in [0.15, 0.2) is 0 Å². The third-order valence-electron chi connectivity index (χ3n) is 5.70. The van der Waals surface area contributed by atoms with Gasteiger partial charge in [0.2, 0.25) is 5.91 Å². The van der Waals surface area contributed by atoms with Crippen LogP contribution in [0.5, 0.6) is 0 Å². The molecule has 0 aromatic heterocycles. The Morgan fingerprint density at radius 3 is 2.60 bits per heavy atom. The molecule has 1 atom stereocenters. The molecule has 158 valence electrons. The summed E-state index contributed by atoms with van der Waals surface area (Å²) >= 11 is 0. The molecule has 6 heteroatoms. The summed E-state index contributed by atoms with van der Waals surface area (Å²) in [6.07, 6.45) is 3.29. The molecule has 4 rings (SSSR count). The van der Waals surface area contributed by atoms with Crippen molar-refractivity contribution in [2.24, 2.45) is 0 Å². The fraction of sp³-hybridized carbons (Fsp3) is 0.417. The van der Waals surface area contributed by atoms with Crippen LogP contribution in [0.3, 0.4) is 0 Å². The molecular formula is C24H28N2O4. The Hall–Kier alpha value is -2.70. The van der Waals surface area contributed by atoms with Crippen molar-refractivity contribution >= 4 is 17.5 Å². The second kappa shape index (κ2) is 9.41. The molecule has 0 spiro atoms. The van der Waals surface area contributed by atoms with Crippen LogP contribution >= 0.6 is 0 Å². The highest BCUT2D eigenvalue weighted by Crippen LogP contribution is 2.25. The summed E-state index contributed by atoms with van der Waals surface area (Å²) in [5.74, 6) is -0.264. The molecule has 2 heterocycles. The van der Waals surface area contributed by atoms with Gasteiger partial charge in [0.25, 0.3) is 5.91 Å². The van der Waals surface area contributed by atoms with Crippen molar-refractivity contribution in [2.45, 2.75) is 45.4 Å². The molecule has 2 aromatic rings. The Morgan fingerprint density at radius 2 is 1.90 bits per heavy atom. The highest BCUT2D eigenvalue weighted by molar-refractivity contribution is 5.98. The molecule has 2 amide bonds. The average Bonchev–Trinajstić information content (AvgIpc) is 3.20. The standard InChI is InChI=1S/C24H28N2O4/c1-17-9-10-18(24(28)26-13-19-6-2-3-7-20(19)14-26)12-22(17)25-23(27)16-29-15-21-8-4-5-11-30-21/h2-3,6-7,9-10,12,21H,4-5,8,11,13-16H2,1H3,(H,25,27). The smallest absolute Gasteiger partial charge is 0.254 e. The van der Waals surface area contributed by atoms with E-state index in [1.807, 2.05) is 36.1 Å². The second-order valence-corrected chi connectivity index (χ2v) is 8.01. The van der Waals surface area contributed by atoms with E-state index in [1.165, 1.54) is 11.1 Å². The largest absolute Gasteiger partial charge is 0.376 e. The summed E-state index contributed by atoms with van der Waals surface area (Å²) in [5, 5.41) is 2.88. The van der Waals surface area contributed by atoms with Crippen LogP contribution < -0.4 is 5.32 Å². The molecule has 1 N–H and O–H groups in total. The van der Waals surface area contributed by atoms with Crippen LogP contribution in [-0.4, -0.2) is 42.6 Å². The van der Waals surface area contributed by atoms with Crippen molar-refractivity contribution in [1.82, 2.24) is 4.90 Å². The van der Waals surface area contributed by atoms with Crippen molar-refractivity contribution in [3.8, 4) is 0 Å². The van der Waals surface area contributed by atoms with Gasteiger partial charge in [0, 0.05) is 30.9 Å². The summed E-state index contributed by atoms with van der Waals surface area (Å²) in [6.45, 7) is 4.30. The van der Waals surface area contributed by atoms with Crippen LogP contribution in [0.2, 0.25) is 0 Å².